The van der Waals surface area contributed by atoms with Gasteiger partial charge in [-0.2, -0.15) is 21.6 Å². The van der Waals surface area contributed by atoms with Crippen LogP contribution >= 0.6 is 11.6 Å². The van der Waals surface area contributed by atoms with Crippen molar-refractivity contribution in [2.75, 3.05) is 27.1 Å². The summed E-state index contributed by atoms with van der Waals surface area (Å²) in [5.41, 5.74) is 1.40. The first-order valence-electron chi connectivity index (χ1n) is 41.7. The highest BCUT2D eigenvalue weighted by atomic mass is 35.5. The van der Waals surface area contributed by atoms with Crippen LogP contribution in [-0.2, 0) is 123 Å². The summed E-state index contributed by atoms with van der Waals surface area (Å²) in [6.07, 6.45) is -3.08. The van der Waals surface area contributed by atoms with Crippen LogP contribution in [0.15, 0.2) is 127 Å². The smallest absolute Gasteiger partial charge is 0.508 e. The van der Waals surface area contributed by atoms with E-state index in [1.807, 2.05) is 104 Å². The number of nitrogens with two attached hydrogens (primary N) is 1. The average molecular weight is 1910 g/mol. The number of hydrogen-bond acceptors (Lipinski definition) is 29. The maximum atomic E-state index is 12.3. The van der Waals surface area contributed by atoms with E-state index in [-0.39, 0.29) is 49.0 Å². The highest BCUT2D eigenvalue weighted by molar-refractivity contribution is 7.88. The van der Waals surface area contributed by atoms with Crippen LogP contribution < -0.4 is 47.4 Å². The van der Waals surface area contributed by atoms with Crippen molar-refractivity contribution in [2.24, 2.45) is 0 Å². The fourth-order valence-corrected chi connectivity index (χ4v) is 11.9. The lowest BCUT2D eigenvalue weighted by atomic mass is 9.78. The number of carboxylic acids is 2. The van der Waals surface area contributed by atoms with Crippen LogP contribution in [0.3, 0.4) is 0 Å². The number of amides is 5. The molecule has 8 rings (SSSR count). The largest absolute Gasteiger partial charge is 0.534 e. The van der Waals surface area contributed by atoms with Crippen molar-refractivity contribution in [3.8, 4) is 22.8 Å². The Morgan fingerprint density at radius 2 is 0.654 bits per heavy atom. The number of hydrogen-bond donors (Lipinski definition) is 9. The zero-order valence-electron chi connectivity index (χ0n) is 79.6. The Kier molecular flexibility index (Phi) is 40.4. The molecular formula is C90H124B2ClF3N8O28S. The molecule has 2 aliphatic heterocycles. The van der Waals surface area contributed by atoms with Crippen molar-refractivity contribution in [3.05, 3.63) is 160 Å². The molecule has 6 aromatic rings. The van der Waals surface area contributed by atoms with Crippen LogP contribution in [0.5, 0.6) is 11.5 Å². The van der Waals surface area contributed by atoms with Crippen molar-refractivity contribution in [1.29, 1.82) is 0 Å². The third-order valence-corrected chi connectivity index (χ3v) is 20.2. The van der Waals surface area contributed by atoms with Gasteiger partial charge in [-0.05, 0) is 222 Å². The second-order valence-electron chi connectivity index (χ2n) is 37.3. The van der Waals surface area contributed by atoms with E-state index in [2.05, 4.69) is 50.2 Å². The fourth-order valence-electron chi connectivity index (χ4n) is 11.3. The van der Waals surface area contributed by atoms with E-state index in [9.17, 15) is 84.9 Å². The van der Waals surface area contributed by atoms with Gasteiger partial charge in [0.05, 0.1) is 49.4 Å². The number of nitrogens with zero attached hydrogens (tertiary/aromatic N) is 2. The Bertz CT molecular complexity index is 4990. The van der Waals surface area contributed by atoms with Crippen molar-refractivity contribution >= 4 is 113 Å². The fraction of sp³-hybridized carbons (Fsp3) is 0.511. The molecule has 0 aliphatic carbocycles. The molecule has 0 unspecified atom stereocenters. The normalized spacial score (nSPS) is 15.4. The summed E-state index contributed by atoms with van der Waals surface area (Å²) in [4.78, 5) is 126. The SMILES string of the molecule is CC(C)(C)OC(=O)N[C@@H](Cc1ccc(-c2cc(Cl)nc(N)n2)cc1)C(=O)O.CC(C)(C)OC(=O)N[C@@H](Cc1ccc(B2OC(C)(C)C(C)(C)O2)cc1)C(=O)O.COC(=O)[C@H](Cc1ccc(B2OC(C)(C)C(C)(C)O2)cc1)NC(=O)OC(C)(C)C.COC(=O)[C@H](Cc1ccc(O)cc1)NC(=O)OC(C)(C)C.COC(=O)[C@H](Cc1ccc(OS(=O)(=O)C(F)(F)F)cc1)NC(=O)OC(C)(C)C. The molecule has 2 aliphatic rings. The first-order valence-corrected chi connectivity index (χ1v) is 43.4. The number of nitrogen functional groups attached to an aromatic ring is 1. The van der Waals surface area contributed by atoms with E-state index >= 15 is 0 Å². The number of carbonyl (C=O) groups excluding carboxylic acids is 8. The van der Waals surface area contributed by atoms with Crippen molar-refractivity contribution in [1.82, 2.24) is 36.6 Å². The molecule has 5 atom stereocenters. The summed E-state index contributed by atoms with van der Waals surface area (Å²) >= 11 is 5.88. The van der Waals surface area contributed by atoms with Gasteiger partial charge in [-0.15, -0.1) is 0 Å². The summed E-state index contributed by atoms with van der Waals surface area (Å²) in [5, 5.41) is 40.4. The molecule has 133 heavy (non-hydrogen) atoms. The molecule has 3 heterocycles. The van der Waals surface area contributed by atoms with E-state index in [0.717, 1.165) is 58.0 Å². The van der Waals surface area contributed by atoms with Crippen LogP contribution in [0.25, 0.3) is 11.3 Å². The van der Waals surface area contributed by atoms with Gasteiger partial charge in [-0.1, -0.05) is 109 Å². The monoisotopic (exact) mass is 1910 g/mol. The molecule has 0 saturated carbocycles. The van der Waals surface area contributed by atoms with Crippen molar-refractivity contribution < 1.29 is 146 Å². The number of aliphatic carboxylic acids is 2. The lowest BCUT2D eigenvalue weighted by Crippen LogP contribution is -2.45. The number of aromatic nitrogens is 2. The lowest BCUT2D eigenvalue weighted by molar-refractivity contribution is -0.143. The molecule has 0 bridgehead atoms. The van der Waals surface area contributed by atoms with Gasteiger partial charge in [0, 0.05) is 43.7 Å². The number of alkyl carbamates (subject to hydrolysis) is 5. The maximum Gasteiger partial charge on any atom is 0.534 e. The number of methoxy groups -OCH3 is 3. The number of esters is 3. The van der Waals surface area contributed by atoms with E-state index < -0.39 is 177 Å². The quantitative estimate of drug-likeness (QED) is 0.00642. The Hall–Kier alpha value is -11.7. The summed E-state index contributed by atoms with van der Waals surface area (Å²) in [7, 11) is -3.06. The maximum absolute atomic E-state index is 12.3. The number of alkyl halides is 3. The molecular weight excluding hydrogens is 1790 g/mol. The molecule has 0 radical (unpaired) electrons. The van der Waals surface area contributed by atoms with Gasteiger partial charge < -0.3 is 108 Å². The minimum Gasteiger partial charge on any atom is -0.508 e. The zero-order valence-corrected chi connectivity index (χ0v) is 81.2. The van der Waals surface area contributed by atoms with E-state index in [4.69, 9.17) is 64.4 Å². The highest BCUT2D eigenvalue weighted by Gasteiger charge is 2.53. The summed E-state index contributed by atoms with van der Waals surface area (Å²) in [6, 6.07) is 29.3. The second-order valence-corrected chi connectivity index (χ2v) is 39.3. The first-order chi connectivity index (χ1) is 60.8. The number of nitrogens with one attached hydrogen (secondary N) is 5. The number of benzene rings is 5. The minimum atomic E-state index is -5.79. The number of ether oxygens (including phenoxy) is 8. The molecule has 5 aromatic carbocycles. The Labute approximate surface area is 779 Å². The van der Waals surface area contributed by atoms with Gasteiger partial charge in [-0.3, -0.25) is 0 Å². The number of aromatic hydroxyl groups is 1. The molecule has 36 nitrogen and oxygen atoms in total. The van der Waals surface area contributed by atoms with Gasteiger partial charge in [0.15, 0.2) is 0 Å². The standard InChI is InChI=1S/C21H32BNO6.C20H30BNO6.C18H21ClN4O4.C16H20F3NO7S.C15H21NO5/c1-19(2,3)27-18(25)23-16(17(24)26-8)13-14-9-11-15(12-10-14)22-28-20(4,5)21(6,7)29-22;1-18(2,3)26-17(25)22-15(16(23)24)12-13-8-10-14(11-9-13)21-27-19(4,5)20(6,7)28-21;1-18(2,3)27-17(26)22-13(15(24)25)8-10-4-6-11(7-5-10)12-9-14(19)23-16(20)21-12;1-15(2,3)26-14(22)20-12(13(21)25-4)9-10-5-7-11(8-6-10)27-28(23,24)16(17,18)19;1-15(2,3)21-14(19)16-12(13(18)20-4)9-10-5-7-11(17)8-6-10/h9-12,16H,13H2,1-8H3,(H,23,25);8-11,15H,12H2,1-7H3,(H,22,25)(H,23,24);4-7,9,13H,8H2,1-3H3,(H,22,26)(H,24,25)(H2,20,21,23);5-8,12H,9H2,1-4H3,(H,20,22);5-8,12,17H,9H2,1-4H3,(H,16,19)/t16-;15-;13-;2*12-/m00000/s1. The Morgan fingerprint density at radius 1 is 0.414 bits per heavy atom. The predicted molar refractivity (Wildman–Crippen MR) is 487 cm³/mol. The molecule has 43 heteroatoms. The molecule has 2 saturated heterocycles. The number of anilines is 1. The molecule has 2 fully saturated rings. The van der Waals surface area contributed by atoms with Gasteiger partial charge in [0.25, 0.3) is 0 Å². The van der Waals surface area contributed by atoms with Gasteiger partial charge in [0.1, 0.15) is 74.9 Å². The van der Waals surface area contributed by atoms with Crippen LogP contribution in [0.1, 0.15) is 187 Å². The molecule has 0 spiro atoms. The van der Waals surface area contributed by atoms with Gasteiger partial charge in [-0.25, -0.2) is 57.9 Å². The Balaban J connectivity index is 0.000000349. The van der Waals surface area contributed by atoms with Gasteiger partial charge in [0.2, 0.25) is 5.95 Å². The number of rotatable bonds is 25. The second kappa shape index (κ2) is 47.3. The number of phenols is 1. The molecule has 1 aromatic heterocycles. The van der Waals surface area contributed by atoms with E-state index in [1.165, 1.54) is 38.5 Å². The average Bonchev–Trinajstić information content (AvgIpc) is 1.63. The van der Waals surface area contributed by atoms with Crippen LogP contribution in [0.2, 0.25) is 5.15 Å². The van der Waals surface area contributed by atoms with Crippen molar-refractivity contribution in [3.63, 3.8) is 0 Å². The van der Waals surface area contributed by atoms with E-state index in [1.54, 1.807) is 146 Å². The lowest BCUT2D eigenvalue weighted by Gasteiger charge is -2.32. The number of halogens is 4. The minimum absolute atomic E-state index is 0.0640. The van der Waals surface area contributed by atoms with Gasteiger partial charge >= 0.3 is 90.2 Å². The molecule has 5 amide bonds. The first kappa shape index (κ1) is 114. The topological polar surface area (TPSA) is 497 Å². The van der Waals surface area contributed by atoms with Crippen LogP contribution in [0, 0.1) is 0 Å². The summed E-state index contributed by atoms with van der Waals surface area (Å²) in [6.45, 7) is 41.6. The van der Waals surface area contributed by atoms with E-state index in [0.29, 0.717) is 11.3 Å². The molecule has 732 valence electrons. The van der Waals surface area contributed by atoms with Crippen LogP contribution in [-0.4, -0.2) is 216 Å². The third kappa shape index (κ3) is 39.9. The third-order valence-electron chi connectivity index (χ3n) is 19.0. The summed E-state index contributed by atoms with van der Waals surface area (Å²) in [5.74, 6) is -4.51. The van der Waals surface area contributed by atoms with Crippen LogP contribution in [0.4, 0.5) is 43.1 Å². The van der Waals surface area contributed by atoms with Crippen molar-refractivity contribution in [2.45, 2.75) is 277 Å². The summed E-state index contributed by atoms with van der Waals surface area (Å²) < 4.78 is 127. The number of phenolic OH excluding ortho intramolecular Hbond substituents is 1. The number of carbonyl (C=O) groups is 10. The molecule has 10 N–H and O–H groups in total. The zero-order chi connectivity index (χ0) is 101. The number of carboxylic acid groups (broad SMARTS) is 2. The highest BCUT2D eigenvalue weighted by Crippen LogP contribution is 2.38. The predicted octanol–water partition coefficient (Wildman–Crippen LogP) is 12.5. The Morgan fingerprint density at radius 3 is 0.895 bits per heavy atom.